The summed E-state index contributed by atoms with van der Waals surface area (Å²) in [5.41, 5.74) is 2.57. The highest BCUT2D eigenvalue weighted by atomic mass is 32.2. The first kappa shape index (κ1) is 18.7. The molecule has 1 amide bonds. The van der Waals surface area contributed by atoms with Gasteiger partial charge in [0.25, 0.3) is 0 Å². The van der Waals surface area contributed by atoms with Gasteiger partial charge in [-0.05, 0) is 44.0 Å². The van der Waals surface area contributed by atoms with Crippen molar-refractivity contribution in [3.05, 3.63) is 59.9 Å². The van der Waals surface area contributed by atoms with Crippen molar-refractivity contribution >= 4 is 23.4 Å². The minimum absolute atomic E-state index is 0.0397. The fourth-order valence-electron chi connectivity index (χ4n) is 3.60. The fourth-order valence-corrected chi connectivity index (χ4v) is 4.46. The number of thioether (sulfide) groups is 1. The van der Waals surface area contributed by atoms with E-state index in [1.54, 1.807) is 29.8 Å². The van der Waals surface area contributed by atoms with E-state index in [0.717, 1.165) is 12.1 Å². The van der Waals surface area contributed by atoms with Crippen molar-refractivity contribution in [3.8, 4) is 11.4 Å². The van der Waals surface area contributed by atoms with Gasteiger partial charge >= 0.3 is 0 Å². The van der Waals surface area contributed by atoms with Gasteiger partial charge < -0.3 is 9.47 Å². The van der Waals surface area contributed by atoms with E-state index in [2.05, 4.69) is 23.2 Å². The largest absolute Gasteiger partial charge is 0.308 e. The molecule has 1 aromatic heterocycles. The van der Waals surface area contributed by atoms with Gasteiger partial charge in [0, 0.05) is 18.8 Å². The molecule has 2 atom stereocenters. The number of carbonyl (C=O) groups is 1. The lowest BCUT2D eigenvalue weighted by Crippen LogP contribution is -2.40. The molecular formula is C21H21FN4OS. The summed E-state index contributed by atoms with van der Waals surface area (Å²) in [6, 6.07) is 14.6. The number of nitrogens with zero attached hydrogens (tertiary/aromatic N) is 4. The normalized spacial score (nSPS) is 16.9. The van der Waals surface area contributed by atoms with Crippen LogP contribution in [0.1, 0.15) is 19.4 Å². The van der Waals surface area contributed by atoms with E-state index in [0.29, 0.717) is 16.5 Å². The monoisotopic (exact) mass is 396 g/mol. The maximum absolute atomic E-state index is 14.1. The molecule has 1 aliphatic rings. The summed E-state index contributed by atoms with van der Waals surface area (Å²) in [5, 5.41) is 8.56. The van der Waals surface area contributed by atoms with Crippen LogP contribution in [0, 0.1) is 5.82 Å². The predicted molar refractivity (Wildman–Crippen MR) is 109 cm³/mol. The predicted octanol–water partition coefficient (Wildman–Crippen LogP) is 4.08. The second kappa shape index (κ2) is 7.39. The summed E-state index contributed by atoms with van der Waals surface area (Å²) in [6.45, 7) is 3.94. The van der Waals surface area contributed by atoms with Crippen LogP contribution in [0.3, 0.4) is 0 Å². The van der Waals surface area contributed by atoms with Crippen LogP contribution >= 0.6 is 11.8 Å². The zero-order valence-corrected chi connectivity index (χ0v) is 16.8. The third-order valence-electron chi connectivity index (χ3n) is 5.02. The molecule has 5 nitrogen and oxygen atoms in total. The first-order chi connectivity index (χ1) is 13.5. The highest BCUT2D eigenvalue weighted by Crippen LogP contribution is 2.35. The van der Waals surface area contributed by atoms with Crippen LogP contribution in [0.5, 0.6) is 0 Å². The highest BCUT2D eigenvalue weighted by molar-refractivity contribution is 8.00. The second-order valence-corrected chi connectivity index (χ2v) is 8.30. The molecule has 0 saturated heterocycles. The van der Waals surface area contributed by atoms with Gasteiger partial charge in [0.2, 0.25) is 5.91 Å². The van der Waals surface area contributed by atoms with E-state index >= 15 is 0 Å². The zero-order valence-electron chi connectivity index (χ0n) is 16.0. The quantitative estimate of drug-likeness (QED) is 0.624. The number of halogens is 1. The molecule has 4 rings (SSSR count). The van der Waals surface area contributed by atoms with Crippen molar-refractivity contribution in [1.82, 2.24) is 14.8 Å². The van der Waals surface area contributed by atoms with Crippen molar-refractivity contribution in [2.45, 2.75) is 36.7 Å². The number of hydrogen-bond acceptors (Lipinski definition) is 4. The van der Waals surface area contributed by atoms with Crippen LogP contribution in [0.15, 0.2) is 53.7 Å². The Labute approximate surface area is 167 Å². The first-order valence-corrected chi connectivity index (χ1v) is 10.1. The van der Waals surface area contributed by atoms with Crippen LogP contribution in [0.4, 0.5) is 10.1 Å². The Bertz CT molecular complexity index is 1030. The molecule has 2 aromatic carbocycles. The number of benzene rings is 2. The second-order valence-electron chi connectivity index (χ2n) is 7.00. The van der Waals surface area contributed by atoms with Gasteiger partial charge in [-0.1, -0.05) is 42.1 Å². The zero-order chi connectivity index (χ0) is 19.8. The van der Waals surface area contributed by atoms with Gasteiger partial charge in [0.05, 0.1) is 10.8 Å². The Morgan fingerprint density at radius 2 is 1.89 bits per heavy atom. The van der Waals surface area contributed by atoms with Gasteiger partial charge in [-0.15, -0.1) is 10.2 Å². The molecule has 3 aromatic rings. The van der Waals surface area contributed by atoms with Gasteiger partial charge in [-0.3, -0.25) is 4.79 Å². The number of aromatic nitrogens is 3. The van der Waals surface area contributed by atoms with E-state index in [9.17, 15) is 9.18 Å². The first-order valence-electron chi connectivity index (χ1n) is 9.19. The molecule has 0 saturated carbocycles. The maximum atomic E-state index is 14.1. The molecule has 28 heavy (non-hydrogen) atoms. The average molecular weight is 396 g/mol. The summed E-state index contributed by atoms with van der Waals surface area (Å²) < 4.78 is 15.8. The number of para-hydroxylation sites is 1. The Balaban J connectivity index is 1.56. The molecular weight excluding hydrogens is 375 g/mol. The molecule has 0 spiro atoms. The summed E-state index contributed by atoms with van der Waals surface area (Å²) in [4.78, 5) is 15.0. The van der Waals surface area contributed by atoms with Crippen molar-refractivity contribution in [3.63, 3.8) is 0 Å². The summed E-state index contributed by atoms with van der Waals surface area (Å²) in [5.74, 6) is 0.138. The third-order valence-corrected chi connectivity index (χ3v) is 6.15. The number of hydrogen-bond donors (Lipinski definition) is 0. The summed E-state index contributed by atoms with van der Waals surface area (Å²) in [7, 11) is 1.79. The molecule has 2 heterocycles. The number of fused-ring (bicyclic) bond motifs is 1. The third kappa shape index (κ3) is 3.20. The summed E-state index contributed by atoms with van der Waals surface area (Å²) in [6.07, 6.45) is 0.862. The van der Waals surface area contributed by atoms with Crippen LogP contribution in [-0.2, 0) is 18.3 Å². The number of anilines is 1. The lowest BCUT2D eigenvalue weighted by atomic mass is 10.1. The van der Waals surface area contributed by atoms with Crippen molar-refractivity contribution in [1.29, 1.82) is 0 Å². The molecule has 2 unspecified atom stereocenters. The van der Waals surface area contributed by atoms with E-state index in [4.69, 9.17) is 0 Å². The van der Waals surface area contributed by atoms with E-state index in [1.165, 1.54) is 23.4 Å². The van der Waals surface area contributed by atoms with Gasteiger partial charge in [0.15, 0.2) is 11.0 Å². The Kier molecular flexibility index (Phi) is 4.93. The molecule has 1 aliphatic heterocycles. The summed E-state index contributed by atoms with van der Waals surface area (Å²) >= 11 is 1.34. The minimum Gasteiger partial charge on any atom is -0.308 e. The Hall–Kier alpha value is -2.67. The smallest absolute Gasteiger partial charge is 0.240 e. The molecule has 0 N–H and O–H groups in total. The van der Waals surface area contributed by atoms with Crippen molar-refractivity contribution < 1.29 is 9.18 Å². The van der Waals surface area contributed by atoms with Crippen molar-refractivity contribution in [2.24, 2.45) is 7.05 Å². The maximum Gasteiger partial charge on any atom is 0.240 e. The molecule has 0 radical (unpaired) electrons. The van der Waals surface area contributed by atoms with Crippen LogP contribution in [0.2, 0.25) is 0 Å². The molecule has 0 bridgehead atoms. The lowest BCUT2D eigenvalue weighted by Gasteiger charge is -2.25. The van der Waals surface area contributed by atoms with Gasteiger partial charge in [-0.2, -0.15) is 0 Å². The van der Waals surface area contributed by atoms with Crippen LogP contribution in [-0.4, -0.2) is 32.0 Å². The SMILES string of the molecule is CC(Sc1nnc(-c2ccccc2F)n1C)C(=O)N1c2ccccc2CC1C. The van der Waals surface area contributed by atoms with Crippen LogP contribution in [0.25, 0.3) is 11.4 Å². The Morgan fingerprint density at radius 3 is 2.68 bits per heavy atom. The molecule has 0 fully saturated rings. The standard InChI is InChI=1S/C21H21FN4OS/c1-13-12-15-8-4-7-11-18(15)26(13)20(27)14(2)28-21-24-23-19(25(21)3)16-9-5-6-10-17(16)22/h4-11,13-14H,12H2,1-3H3. The number of rotatable bonds is 4. The van der Waals surface area contributed by atoms with E-state index < -0.39 is 0 Å². The van der Waals surface area contributed by atoms with Gasteiger partial charge in [-0.25, -0.2) is 4.39 Å². The molecule has 7 heteroatoms. The number of carbonyl (C=O) groups excluding carboxylic acids is 1. The fraction of sp³-hybridized carbons (Fsp3) is 0.286. The highest BCUT2D eigenvalue weighted by Gasteiger charge is 2.34. The number of amides is 1. The van der Waals surface area contributed by atoms with Crippen LogP contribution < -0.4 is 4.90 Å². The van der Waals surface area contributed by atoms with Crippen molar-refractivity contribution in [2.75, 3.05) is 4.90 Å². The minimum atomic E-state index is -0.346. The van der Waals surface area contributed by atoms with E-state index in [1.807, 2.05) is 30.0 Å². The topological polar surface area (TPSA) is 51.0 Å². The Morgan fingerprint density at radius 1 is 1.18 bits per heavy atom. The molecule has 144 valence electrons. The lowest BCUT2D eigenvalue weighted by molar-refractivity contribution is -0.118. The van der Waals surface area contributed by atoms with Gasteiger partial charge in [0.1, 0.15) is 5.82 Å². The van der Waals surface area contributed by atoms with E-state index in [-0.39, 0.29) is 23.0 Å². The average Bonchev–Trinajstić information content (AvgIpc) is 3.21. The molecule has 0 aliphatic carbocycles.